The van der Waals surface area contributed by atoms with Gasteiger partial charge in [-0.2, -0.15) is 4.98 Å². The molecule has 0 aromatic carbocycles. The lowest BCUT2D eigenvalue weighted by atomic mass is 10.3. The van der Waals surface area contributed by atoms with Gasteiger partial charge in [-0.05, 0) is 19.9 Å². The number of nitrogens with zero attached hydrogens (tertiary/aromatic N) is 2. The zero-order valence-electron chi connectivity index (χ0n) is 10.6. The van der Waals surface area contributed by atoms with Crippen molar-refractivity contribution in [1.29, 1.82) is 0 Å². The topological polar surface area (TPSA) is 35.0 Å². The van der Waals surface area contributed by atoms with Crippen LogP contribution in [0, 0.1) is 13.8 Å². The van der Waals surface area contributed by atoms with Gasteiger partial charge < -0.3 is 4.74 Å². The van der Waals surface area contributed by atoms with Crippen LogP contribution in [-0.4, -0.2) is 24.6 Å². The normalized spacial score (nSPS) is 11.6. The van der Waals surface area contributed by atoms with Crippen molar-refractivity contribution in [1.82, 2.24) is 9.97 Å². The minimum absolute atomic E-state index is 0.482. The third kappa shape index (κ3) is 4.10. The molecule has 0 saturated heterocycles. The predicted molar refractivity (Wildman–Crippen MR) is 70.2 cm³/mol. The molecule has 0 saturated carbocycles. The molecule has 0 amide bonds. The Balaban J connectivity index is 2.67. The lowest BCUT2D eigenvalue weighted by Gasteiger charge is -2.16. The summed E-state index contributed by atoms with van der Waals surface area (Å²) in [5.74, 6) is 1.27. The van der Waals surface area contributed by atoms with Crippen molar-refractivity contribution in [3.8, 4) is 5.88 Å². The summed E-state index contributed by atoms with van der Waals surface area (Å²) in [7, 11) is -1.06. The number of hydrogen-bond acceptors (Lipinski definition) is 3. The van der Waals surface area contributed by atoms with Crippen LogP contribution in [0.1, 0.15) is 11.4 Å². The van der Waals surface area contributed by atoms with Crippen LogP contribution in [0.25, 0.3) is 0 Å². The molecule has 0 aliphatic rings. The van der Waals surface area contributed by atoms with Gasteiger partial charge in [0.15, 0.2) is 0 Å². The SMILES string of the molecule is Cc1nc(Cl)c(C)c(OCC[Si](C)(C)C)n1. The standard InChI is InChI=1S/C11H19ClN2OSi/c1-8-10(12)13-9(2)14-11(8)15-6-7-16(3,4)5/h6-7H2,1-5H3. The van der Waals surface area contributed by atoms with Crippen LogP contribution in [0.3, 0.4) is 0 Å². The van der Waals surface area contributed by atoms with Crippen molar-refractivity contribution in [2.75, 3.05) is 6.61 Å². The molecule has 0 unspecified atom stereocenters. The predicted octanol–water partition coefficient (Wildman–Crippen LogP) is 3.46. The highest BCUT2D eigenvalue weighted by molar-refractivity contribution is 6.76. The van der Waals surface area contributed by atoms with Crippen molar-refractivity contribution >= 4 is 19.7 Å². The Morgan fingerprint density at radius 3 is 2.38 bits per heavy atom. The van der Waals surface area contributed by atoms with E-state index in [9.17, 15) is 0 Å². The Morgan fingerprint density at radius 1 is 1.19 bits per heavy atom. The van der Waals surface area contributed by atoms with Crippen molar-refractivity contribution in [2.45, 2.75) is 39.5 Å². The molecule has 90 valence electrons. The van der Waals surface area contributed by atoms with Gasteiger partial charge >= 0.3 is 0 Å². The molecule has 1 aromatic heterocycles. The monoisotopic (exact) mass is 258 g/mol. The van der Waals surface area contributed by atoms with Gasteiger partial charge in [0.25, 0.3) is 0 Å². The van der Waals surface area contributed by atoms with Gasteiger partial charge in [-0.15, -0.1) is 0 Å². The highest BCUT2D eigenvalue weighted by Gasteiger charge is 2.14. The molecule has 1 rings (SSSR count). The highest BCUT2D eigenvalue weighted by Crippen LogP contribution is 2.22. The van der Waals surface area contributed by atoms with Gasteiger partial charge in [0, 0.05) is 13.6 Å². The third-order valence-electron chi connectivity index (χ3n) is 2.24. The summed E-state index contributed by atoms with van der Waals surface area (Å²) in [6, 6.07) is 1.12. The van der Waals surface area contributed by atoms with E-state index in [-0.39, 0.29) is 0 Å². The van der Waals surface area contributed by atoms with Gasteiger partial charge in [-0.25, -0.2) is 4.98 Å². The molecule has 0 spiro atoms. The minimum Gasteiger partial charge on any atom is -0.478 e. The Kier molecular flexibility index (Phi) is 4.33. The second-order valence-electron chi connectivity index (χ2n) is 5.15. The van der Waals surface area contributed by atoms with E-state index < -0.39 is 8.07 Å². The highest BCUT2D eigenvalue weighted by atomic mass is 35.5. The van der Waals surface area contributed by atoms with Crippen LogP contribution in [0.2, 0.25) is 30.8 Å². The van der Waals surface area contributed by atoms with E-state index in [1.54, 1.807) is 0 Å². The molecule has 0 fully saturated rings. The lowest BCUT2D eigenvalue weighted by molar-refractivity contribution is 0.321. The molecule has 1 heterocycles. The van der Waals surface area contributed by atoms with E-state index in [2.05, 4.69) is 29.6 Å². The summed E-state index contributed by atoms with van der Waals surface area (Å²) in [6.45, 7) is 11.4. The maximum Gasteiger partial charge on any atom is 0.221 e. The molecule has 5 heteroatoms. The van der Waals surface area contributed by atoms with Gasteiger partial charge in [0.05, 0.1) is 6.61 Å². The first-order valence-electron chi connectivity index (χ1n) is 5.43. The summed E-state index contributed by atoms with van der Waals surface area (Å²) in [5, 5.41) is 0.482. The van der Waals surface area contributed by atoms with E-state index >= 15 is 0 Å². The zero-order chi connectivity index (χ0) is 12.3. The molecular weight excluding hydrogens is 240 g/mol. The molecule has 3 nitrogen and oxygen atoms in total. The number of aromatic nitrogens is 2. The summed E-state index contributed by atoms with van der Waals surface area (Å²) < 4.78 is 5.67. The van der Waals surface area contributed by atoms with E-state index in [0.717, 1.165) is 11.6 Å². The summed E-state index contributed by atoms with van der Waals surface area (Å²) in [4.78, 5) is 8.32. The molecule has 0 N–H and O–H groups in total. The van der Waals surface area contributed by atoms with Crippen LogP contribution in [0.5, 0.6) is 5.88 Å². The maximum absolute atomic E-state index is 5.97. The number of rotatable bonds is 4. The number of aryl methyl sites for hydroxylation is 1. The molecule has 0 bridgehead atoms. The van der Waals surface area contributed by atoms with Crippen molar-refractivity contribution < 1.29 is 4.74 Å². The fourth-order valence-electron chi connectivity index (χ4n) is 1.16. The first kappa shape index (κ1) is 13.5. The van der Waals surface area contributed by atoms with Crippen molar-refractivity contribution in [3.05, 3.63) is 16.5 Å². The van der Waals surface area contributed by atoms with Crippen molar-refractivity contribution in [2.24, 2.45) is 0 Å². The first-order valence-corrected chi connectivity index (χ1v) is 9.51. The fourth-order valence-corrected chi connectivity index (χ4v) is 2.08. The van der Waals surface area contributed by atoms with E-state index in [0.29, 0.717) is 23.5 Å². The Hall–Kier alpha value is -0.613. The lowest BCUT2D eigenvalue weighted by Crippen LogP contribution is -2.22. The third-order valence-corrected chi connectivity index (χ3v) is 4.32. The van der Waals surface area contributed by atoms with E-state index in [1.807, 2.05) is 13.8 Å². The number of ether oxygens (including phenoxy) is 1. The molecule has 16 heavy (non-hydrogen) atoms. The molecule has 0 aliphatic carbocycles. The number of halogens is 1. The van der Waals surface area contributed by atoms with E-state index in [4.69, 9.17) is 16.3 Å². The minimum atomic E-state index is -1.06. The van der Waals surface area contributed by atoms with E-state index in [1.165, 1.54) is 0 Å². The Labute approximate surface area is 103 Å². The number of hydrogen-bond donors (Lipinski definition) is 0. The van der Waals surface area contributed by atoms with Crippen LogP contribution >= 0.6 is 11.6 Å². The molecular formula is C11H19ClN2OSi. The molecule has 1 aromatic rings. The average molecular weight is 259 g/mol. The molecule has 0 atom stereocenters. The van der Waals surface area contributed by atoms with Crippen LogP contribution in [0.4, 0.5) is 0 Å². The second-order valence-corrected chi connectivity index (χ2v) is 11.1. The maximum atomic E-state index is 5.97. The average Bonchev–Trinajstić information content (AvgIpc) is 2.11. The Bertz CT molecular complexity index is 377. The summed E-state index contributed by atoms with van der Waals surface area (Å²) >= 11 is 5.97. The fraction of sp³-hybridized carbons (Fsp3) is 0.636. The van der Waals surface area contributed by atoms with Crippen molar-refractivity contribution in [3.63, 3.8) is 0 Å². The largest absolute Gasteiger partial charge is 0.478 e. The van der Waals surface area contributed by atoms with Crippen LogP contribution in [-0.2, 0) is 0 Å². The molecule has 0 radical (unpaired) electrons. The van der Waals surface area contributed by atoms with Gasteiger partial charge in [-0.1, -0.05) is 31.2 Å². The van der Waals surface area contributed by atoms with Gasteiger partial charge in [-0.3, -0.25) is 0 Å². The first-order chi connectivity index (χ1) is 7.29. The van der Waals surface area contributed by atoms with Gasteiger partial charge in [0.1, 0.15) is 11.0 Å². The Morgan fingerprint density at radius 2 is 1.81 bits per heavy atom. The smallest absolute Gasteiger partial charge is 0.221 e. The van der Waals surface area contributed by atoms with Gasteiger partial charge in [0.2, 0.25) is 5.88 Å². The molecule has 0 aliphatic heterocycles. The zero-order valence-corrected chi connectivity index (χ0v) is 12.4. The second kappa shape index (κ2) is 5.14. The van der Waals surface area contributed by atoms with Crippen LogP contribution in [0.15, 0.2) is 0 Å². The summed E-state index contributed by atoms with van der Waals surface area (Å²) in [5.41, 5.74) is 0.822. The summed E-state index contributed by atoms with van der Waals surface area (Å²) in [6.07, 6.45) is 0. The van der Waals surface area contributed by atoms with Crippen LogP contribution < -0.4 is 4.74 Å². The quantitative estimate of drug-likeness (QED) is 0.613.